The minimum Gasteiger partial charge on any atom is -0.504 e. The zero-order valence-electron chi connectivity index (χ0n) is 28.1. The van der Waals surface area contributed by atoms with Crippen LogP contribution in [0.3, 0.4) is 0 Å². The van der Waals surface area contributed by atoms with E-state index in [4.69, 9.17) is 28.4 Å². The van der Waals surface area contributed by atoms with Gasteiger partial charge in [-0.05, 0) is 35.4 Å². The van der Waals surface area contributed by atoms with Crippen molar-refractivity contribution in [2.24, 2.45) is 0 Å². The van der Waals surface area contributed by atoms with Crippen LogP contribution in [0.1, 0.15) is 35.8 Å². The Kier molecular flexibility index (Phi) is 13.3. The van der Waals surface area contributed by atoms with Crippen LogP contribution in [0.5, 0.6) is 23.0 Å². The molecule has 268 valence electrons. The molecule has 16 nitrogen and oxygen atoms in total. The van der Waals surface area contributed by atoms with Crippen LogP contribution in [0.4, 0.5) is 0 Å². The fourth-order valence-electron chi connectivity index (χ4n) is 5.07. The SMILES string of the molecule is COC(=O)COc1ccc(C(CC(=O)OC)C2=C(O)C(=O)C(C(CC(=O)OC)c3ccc(OCC(=O)OC)c(OC)c3)=C(O)C2=O)cc1OC. The van der Waals surface area contributed by atoms with Crippen molar-refractivity contribution >= 4 is 35.4 Å². The first kappa shape index (κ1) is 38.4. The number of ether oxygens (including phenoxy) is 8. The molecule has 2 unspecified atom stereocenters. The average molecular weight is 701 g/mol. The number of allylic oxidation sites excluding steroid dienone is 2. The average Bonchev–Trinajstić information content (AvgIpc) is 3.13. The summed E-state index contributed by atoms with van der Waals surface area (Å²) in [6, 6.07) is 8.23. The van der Waals surface area contributed by atoms with Gasteiger partial charge in [0.1, 0.15) is 0 Å². The van der Waals surface area contributed by atoms with E-state index >= 15 is 0 Å². The van der Waals surface area contributed by atoms with Crippen molar-refractivity contribution in [1.29, 1.82) is 0 Å². The first-order valence-electron chi connectivity index (χ1n) is 14.7. The molecule has 0 saturated heterocycles. The highest BCUT2D eigenvalue weighted by Gasteiger charge is 2.43. The maximum absolute atomic E-state index is 13.9. The van der Waals surface area contributed by atoms with Crippen LogP contribution in [-0.4, -0.2) is 102 Å². The monoisotopic (exact) mass is 700 g/mol. The summed E-state index contributed by atoms with van der Waals surface area (Å²) < 4.78 is 40.3. The van der Waals surface area contributed by atoms with Gasteiger partial charge in [0.15, 0.2) is 47.7 Å². The number of hydrogen-bond donors (Lipinski definition) is 2. The van der Waals surface area contributed by atoms with Crippen LogP contribution in [0.25, 0.3) is 0 Å². The number of hydrogen-bond acceptors (Lipinski definition) is 16. The molecule has 0 aromatic heterocycles. The number of ketones is 2. The van der Waals surface area contributed by atoms with Gasteiger partial charge in [0, 0.05) is 11.8 Å². The molecule has 1 aliphatic carbocycles. The molecule has 0 fully saturated rings. The second-order valence-electron chi connectivity index (χ2n) is 10.4. The molecule has 50 heavy (non-hydrogen) atoms. The van der Waals surface area contributed by atoms with E-state index in [1.807, 2.05) is 0 Å². The van der Waals surface area contributed by atoms with Crippen molar-refractivity contribution in [3.8, 4) is 23.0 Å². The topological polar surface area (TPSA) is 217 Å². The Labute approximate surface area is 286 Å². The Morgan fingerprint density at radius 3 is 1.18 bits per heavy atom. The van der Waals surface area contributed by atoms with Gasteiger partial charge in [0.2, 0.25) is 11.6 Å². The lowest BCUT2D eigenvalue weighted by Gasteiger charge is -2.28. The van der Waals surface area contributed by atoms with Crippen LogP contribution in [0.2, 0.25) is 0 Å². The molecular weight excluding hydrogens is 664 g/mol. The van der Waals surface area contributed by atoms with Gasteiger partial charge < -0.3 is 48.1 Å². The van der Waals surface area contributed by atoms with E-state index in [-0.39, 0.29) is 34.1 Å². The molecule has 0 saturated carbocycles. The molecule has 0 aliphatic heterocycles. The van der Waals surface area contributed by atoms with Crippen LogP contribution < -0.4 is 18.9 Å². The highest BCUT2D eigenvalue weighted by Crippen LogP contribution is 2.43. The normalized spacial score (nSPS) is 14.0. The predicted molar refractivity (Wildman–Crippen MR) is 169 cm³/mol. The molecule has 1 aliphatic rings. The minimum atomic E-state index is -1.36. The number of carbonyl (C=O) groups excluding carboxylic acids is 6. The molecule has 2 atom stereocenters. The second kappa shape index (κ2) is 17.4. The Balaban J connectivity index is 2.14. The summed E-state index contributed by atoms with van der Waals surface area (Å²) >= 11 is 0. The number of benzene rings is 2. The minimum absolute atomic E-state index is 0.0579. The molecule has 0 spiro atoms. The van der Waals surface area contributed by atoms with E-state index in [1.54, 1.807) is 0 Å². The molecule has 0 amide bonds. The summed E-state index contributed by atoms with van der Waals surface area (Å²) in [6.45, 7) is -0.917. The first-order chi connectivity index (χ1) is 23.8. The van der Waals surface area contributed by atoms with Crippen LogP contribution in [-0.2, 0) is 47.7 Å². The summed E-state index contributed by atoms with van der Waals surface area (Å²) in [5.74, 6) is -10.1. The maximum atomic E-state index is 13.9. The summed E-state index contributed by atoms with van der Waals surface area (Å²) in [7, 11) is 7.13. The third-order valence-corrected chi connectivity index (χ3v) is 7.65. The number of Topliss-reactive ketones (excluding diaryl/α,β-unsaturated/α-hetero) is 2. The molecule has 2 N–H and O–H groups in total. The number of esters is 4. The third kappa shape index (κ3) is 8.69. The number of carbonyl (C=O) groups is 6. The number of aliphatic hydroxyl groups is 2. The number of rotatable bonds is 16. The summed E-state index contributed by atoms with van der Waals surface area (Å²) in [4.78, 5) is 76.1. The quantitative estimate of drug-likeness (QED) is 0.146. The van der Waals surface area contributed by atoms with E-state index < -0.39 is 96.0 Å². The van der Waals surface area contributed by atoms with Crippen molar-refractivity contribution < 1.29 is 76.9 Å². The lowest BCUT2D eigenvalue weighted by atomic mass is 9.75. The summed E-state index contributed by atoms with van der Waals surface area (Å²) in [6.07, 6.45) is -1.14. The fraction of sp³-hybridized carbons (Fsp3) is 0.353. The van der Waals surface area contributed by atoms with E-state index in [2.05, 4.69) is 9.47 Å². The van der Waals surface area contributed by atoms with Crippen molar-refractivity contribution in [3.63, 3.8) is 0 Å². The van der Waals surface area contributed by atoms with Crippen molar-refractivity contribution in [1.82, 2.24) is 0 Å². The van der Waals surface area contributed by atoms with Gasteiger partial charge >= 0.3 is 23.9 Å². The molecular formula is C34H36O16. The Morgan fingerprint density at radius 1 is 0.540 bits per heavy atom. The van der Waals surface area contributed by atoms with Gasteiger partial charge in [-0.15, -0.1) is 0 Å². The zero-order chi connectivity index (χ0) is 37.1. The molecule has 3 rings (SSSR count). The summed E-state index contributed by atoms with van der Waals surface area (Å²) in [5, 5.41) is 22.7. The van der Waals surface area contributed by atoms with E-state index in [9.17, 15) is 39.0 Å². The van der Waals surface area contributed by atoms with Crippen LogP contribution in [0, 0.1) is 0 Å². The lowest BCUT2D eigenvalue weighted by molar-refractivity contribution is -0.143. The standard InChI is InChI=1S/C34H36O16/c1-43-23-11-17(7-9-21(23)49-15-27(37)47-5)19(13-25(35)45-3)29-31(39)33(41)30(34(42)32(29)40)20(14-26(36)46-4)18-8-10-22(24(12-18)44-2)50-16-28(38)48-6/h7-12,19-20,39,42H,13-16H2,1-6H3. The Morgan fingerprint density at radius 2 is 0.880 bits per heavy atom. The van der Waals surface area contributed by atoms with Gasteiger partial charge in [-0.1, -0.05) is 12.1 Å². The van der Waals surface area contributed by atoms with E-state index in [1.165, 1.54) is 64.8 Å². The van der Waals surface area contributed by atoms with E-state index in [0.29, 0.717) is 0 Å². The largest absolute Gasteiger partial charge is 0.504 e. The fourth-order valence-corrected chi connectivity index (χ4v) is 5.07. The van der Waals surface area contributed by atoms with Gasteiger partial charge in [-0.3, -0.25) is 19.2 Å². The lowest BCUT2D eigenvalue weighted by Crippen LogP contribution is -2.31. The van der Waals surface area contributed by atoms with Gasteiger partial charge in [-0.25, -0.2) is 9.59 Å². The highest BCUT2D eigenvalue weighted by molar-refractivity contribution is 6.24. The summed E-state index contributed by atoms with van der Waals surface area (Å²) in [5.41, 5.74) is -0.939. The smallest absolute Gasteiger partial charge is 0.343 e. The Hall–Kier alpha value is -6.06. The molecule has 2 aromatic rings. The van der Waals surface area contributed by atoms with Crippen molar-refractivity contribution in [2.75, 3.05) is 55.9 Å². The molecule has 0 heterocycles. The van der Waals surface area contributed by atoms with Crippen LogP contribution in [0.15, 0.2) is 59.1 Å². The Bertz CT molecular complexity index is 1590. The second-order valence-corrected chi connectivity index (χ2v) is 10.4. The van der Waals surface area contributed by atoms with Gasteiger partial charge in [-0.2, -0.15) is 0 Å². The highest BCUT2D eigenvalue weighted by atomic mass is 16.6. The predicted octanol–water partition coefficient (Wildman–Crippen LogP) is 2.58. The first-order valence-corrected chi connectivity index (χ1v) is 14.7. The molecule has 0 radical (unpaired) electrons. The van der Waals surface area contributed by atoms with E-state index in [0.717, 1.165) is 14.2 Å². The van der Waals surface area contributed by atoms with Crippen molar-refractivity contribution in [2.45, 2.75) is 24.7 Å². The molecule has 2 aromatic carbocycles. The number of methoxy groups -OCH3 is 6. The van der Waals surface area contributed by atoms with Gasteiger partial charge in [0.05, 0.1) is 66.6 Å². The van der Waals surface area contributed by atoms with Crippen molar-refractivity contribution in [3.05, 3.63) is 70.2 Å². The molecule has 0 bridgehead atoms. The molecule has 16 heteroatoms. The van der Waals surface area contributed by atoms with Gasteiger partial charge in [0.25, 0.3) is 0 Å². The third-order valence-electron chi connectivity index (χ3n) is 7.65. The number of aliphatic hydroxyl groups excluding tert-OH is 2. The van der Waals surface area contributed by atoms with Crippen LogP contribution >= 0.6 is 0 Å². The zero-order valence-corrected chi connectivity index (χ0v) is 28.1. The maximum Gasteiger partial charge on any atom is 0.343 e.